The molecule has 1 aromatic heterocycles. The zero-order valence-corrected chi connectivity index (χ0v) is 12.6. The first-order chi connectivity index (χ1) is 10.1. The van der Waals surface area contributed by atoms with Gasteiger partial charge in [-0.15, -0.1) is 0 Å². The summed E-state index contributed by atoms with van der Waals surface area (Å²) in [7, 11) is 0. The van der Waals surface area contributed by atoms with E-state index in [0.717, 1.165) is 22.4 Å². The van der Waals surface area contributed by atoms with Crippen LogP contribution in [0.1, 0.15) is 34.0 Å². The summed E-state index contributed by atoms with van der Waals surface area (Å²) in [5, 5.41) is 2.92. The minimum absolute atomic E-state index is 0.0810. The van der Waals surface area contributed by atoms with Crippen LogP contribution in [-0.2, 0) is 6.54 Å². The van der Waals surface area contributed by atoms with Crippen LogP contribution < -0.4 is 10.1 Å². The molecule has 0 saturated heterocycles. The van der Waals surface area contributed by atoms with E-state index in [9.17, 15) is 4.79 Å². The molecule has 0 fully saturated rings. The average Bonchev–Trinajstić information content (AvgIpc) is 2.49. The summed E-state index contributed by atoms with van der Waals surface area (Å²) in [5.74, 6) is 0.751. The van der Waals surface area contributed by atoms with Gasteiger partial charge in [0, 0.05) is 24.5 Å². The second-order valence-corrected chi connectivity index (χ2v) is 4.91. The largest absolute Gasteiger partial charge is 0.494 e. The molecule has 4 nitrogen and oxygen atoms in total. The highest BCUT2D eigenvalue weighted by Gasteiger charge is 2.12. The standard InChI is InChI=1S/C17H20N2O2/c1-4-21-16-9-12(2)15(8-13(16)3)17(20)19-11-14-6-5-7-18-10-14/h5-10H,4,11H2,1-3H3,(H,19,20). The van der Waals surface area contributed by atoms with Crippen molar-refractivity contribution in [3.8, 4) is 5.75 Å². The maximum atomic E-state index is 12.3. The van der Waals surface area contributed by atoms with Gasteiger partial charge in [0.1, 0.15) is 5.75 Å². The smallest absolute Gasteiger partial charge is 0.251 e. The fourth-order valence-electron chi connectivity index (χ4n) is 2.13. The number of benzene rings is 1. The van der Waals surface area contributed by atoms with E-state index in [2.05, 4.69) is 10.3 Å². The Balaban J connectivity index is 2.10. The minimum atomic E-state index is -0.0810. The highest BCUT2D eigenvalue weighted by atomic mass is 16.5. The highest BCUT2D eigenvalue weighted by molar-refractivity contribution is 5.96. The summed E-state index contributed by atoms with van der Waals surface area (Å²) < 4.78 is 5.54. The lowest BCUT2D eigenvalue weighted by Gasteiger charge is -2.12. The summed E-state index contributed by atoms with van der Waals surface area (Å²) in [6.07, 6.45) is 3.46. The number of rotatable bonds is 5. The lowest BCUT2D eigenvalue weighted by atomic mass is 10.0. The summed E-state index contributed by atoms with van der Waals surface area (Å²) in [4.78, 5) is 16.3. The molecule has 0 aliphatic rings. The summed E-state index contributed by atoms with van der Waals surface area (Å²) >= 11 is 0. The Morgan fingerprint density at radius 1 is 1.29 bits per heavy atom. The van der Waals surface area contributed by atoms with Crippen LogP contribution in [0.2, 0.25) is 0 Å². The minimum Gasteiger partial charge on any atom is -0.494 e. The lowest BCUT2D eigenvalue weighted by molar-refractivity contribution is 0.0950. The highest BCUT2D eigenvalue weighted by Crippen LogP contribution is 2.23. The van der Waals surface area contributed by atoms with Crippen LogP contribution in [0, 0.1) is 13.8 Å². The number of pyridine rings is 1. The quantitative estimate of drug-likeness (QED) is 0.918. The molecule has 0 radical (unpaired) electrons. The Bertz CT molecular complexity index is 624. The van der Waals surface area contributed by atoms with Crippen molar-refractivity contribution in [2.45, 2.75) is 27.3 Å². The molecule has 0 atom stereocenters. The lowest BCUT2D eigenvalue weighted by Crippen LogP contribution is -2.23. The zero-order valence-electron chi connectivity index (χ0n) is 12.6. The maximum absolute atomic E-state index is 12.3. The van der Waals surface area contributed by atoms with Gasteiger partial charge in [-0.05, 0) is 55.7 Å². The number of nitrogens with one attached hydrogen (secondary N) is 1. The monoisotopic (exact) mass is 284 g/mol. The number of amides is 1. The van der Waals surface area contributed by atoms with Crippen molar-refractivity contribution in [2.75, 3.05) is 6.61 Å². The fourth-order valence-corrected chi connectivity index (χ4v) is 2.13. The van der Waals surface area contributed by atoms with Crippen LogP contribution in [0.25, 0.3) is 0 Å². The molecule has 21 heavy (non-hydrogen) atoms. The first-order valence-corrected chi connectivity index (χ1v) is 7.03. The van der Waals surface area contributed by atoms with Gasteiger partial charge in [-0.25, -0.2) is 0 Å². The van der Waals surface area contributed by atoms with Crippen molar-refractivity contribution in [1.29, 1.82) is 0 Å². The van der Waals surface area contributed by atoms with E-state index in [0.29, 0.717) is 18.7 Å². The number of nitrogens with zero attached hydrogens (tertiary/aromatic N) is 1. The average molecular weight is 284 g/mol. The van der Waals surface area contributed by atoms with Gasteiger partial charge >= 0.3 is 0 Å². The molecule has 1 N–H and O–H groups in total. The molecule has 2 rings (SSSR count). The number of hydrogen-bond donors (Lipinski definition) is 1. The van der Waals surface area contributed by atoms with Crippen molar-refractivity contribution in [3.63, 3.8) is 0 Å². The van der Waals surface area contributed by atoms with Crippen molar-refractivity contribution in [3.05, 3.63) is 58.9 Å². The zero-order chi connectivity index (χ0) is 15.2. The van der Waals surface area contributed by atoms with E-state index in [4.69, 9.17) is 4.74 Å². The Morgan fingerprint density at radius 2 is 2.10 bits per heavy atom. The number of carbonyl (C=O) groups excluding carboxylic acids is 1. The first-order valence-electron chi connectivity index (χ1n) is 7.03. The summed E-state index contributed by atoms with van der Waals surface area (Å²) in [6, 6.07) is 7.58. The van der Waals surface area contributed by atoms with Gasteiger partial charge in [-0.1, -0.05) is 6.07 Å². The van der Waals surface area contributed by atoms with Gasteiger partial charge in [-0.3, -0.25) is 9.78 Å². The molecule has 0 spiro atoms. The molecule has 0 unspecified atom stereocenters. The van der Waals surface area contributed by atoms with Crippen LogP contribution >= 0.6 is 0 Å². The second kappa shape index (κ2) is 6.88. The third-order valence-corrected chi connectivity index (χ3v) is 3.24. The predicted octanol–water partition coefficient (Wildman–Crippen LogP) is 3.03. The number of hydrogen-bond acceptors (Lipinski definition) is 3. The predicted molar refractivity (Wildman–Crippen MR) is 82.5 cm³/mol. The van der Waals surface area contributed by atoms with Gasteiger partial charge in [0.25, 0.3) is 5.91 Å². The van der Waals surface area contributed by atoms with E-state index < -0.39 is 0 Å². The summed E-state index contributed by atoms with van der Waals surface area (Å²) in [5.41, 5.74) is 3.53. The van der Waals surface area contributed by atoms with Gasteiger partial charge in [0.2, 0.25) is 0 Å². The molecule has 0 aliphatic heterocycles. The summed E-state index contributed by atoms with van der Waals surface area (Å²) in [6.45, 7) is 6.90. The Hall–Kier alpha value is -2.36. The van der Waals surface area contributed by atoms with E-state index in [1.54, 1.807) is 12.4 Å². The van der Waals surface area contributed by atoms with Crippen molar-refractivity contribution >= 4 is 5.91 Å². The topological polar surface area (TPSA) is 51.2 Å². The van der Waals surface area contributed by atoms with Crippen LogP contribution in [-0.4, -0.2) is 17.5 Å². The third kappa shape index (κ3) is 3.81. The molecule has 110 valence electrons. The molecular formula is C17H20N2O2. The van der Waals surface area contributed by atoms with Crippen LogP contribution in [0.15, 0.2) is 36.7 Å². The van der Waals surface area contributed by atoms with Gasteiger partial charge in [-0.2, -0.15) is 0 Å². The Labute approximate surface area is 125 Å². The second-order valence-electron chi connectivity index (χ2n) is 4.91. The van der Waals surface area contributed by atoms with Crippen molar-refractivity contribution in [1.82, 2.24) is 10.3 Å². The maximum Gasteiger partial charge on any atom is 0.251 e. The van der Waals surface area contributed by atoms with E-state index in [1.807, 2.05) is 45.0 Å². The fraction of sp³-hybridized carbons (Fsp3) is 0.294. The number of aryl methyl sites for hydroxylation is 2. The molecule has 0 bridgehead atoms. The molecule has 1 aromatic carbocycles. The van der Waals surface area contributed by atoms with E-state index in [1.165, 1.54) is 0 Å². The number of ether oxygens (including phenoxy) is 1. The van der Waals surface area contributed by atoms with Crippen molar-refractivity contribution in [2.24, 2.45) is 0 Å². The first kappa shape index (κ1) is 15.0. The Kier molecular flexibility index (Phi) is 4.93. The molecule has 1 amide bonds. The molecular weight excluding hydrogens is 264 g/mol. The molecule has 0 saturated carbocycles. The van der Waals surface area contributed by atoms with Crippen molar-refractivity contribution < 1.29 is 9.53 Å². The van der Waals surface area contributed by atoms with E-state index >= 15 is 0 Å². The van der Waals surface area contributed by atoms with Crippen LogP contribution in [0.4, 0.5) is 0 Å². The molecule has 0 aliphatic carbocycles. The SMILES string of the molecule is CCOc1cc(C)c(C(=O)NCc2cccnc2)cc1C. The van der Waals surface area contributed by atoms with Gasteiger partial charge in [0.15, 0.2) is 0 Å². The Morgan fingerprint density at radius 3 is 2.76 bits per heavy atom. The molecule has 2 aromatic rings. The van der Waals surface area contributed by atoms with Gasteiger partial charge < -0.3 is 10.1 Å². The normalized spacial score (nSPS) is 10.2. The molecule has 4 heteroatoms. The van der Waals surface area contributed by atoms with Gasteiger partial charge in [0.05, 0.1) is 6.61 Å². The van der Waals surface area contributed by atoms with Crippen LogP contribution in [0.3, 0.4) is 0 Å². The third-order valence-electron chi connectivity index (χ3n) is 3.24. The van der Waals surface area contributed by atoms with E-state index in [-0.39, 0.29) is 5.91 Å². The number of carbonyl (C=O) groups is 1. The van der Waals surface area contributed by atoms with Crippen LogP contribution in [0.5, 0.6) is 5.75 Å². The molecule has 1 heterocycles. The number of aromatic nitrogens is 1.